The average molecular weight is 248 g/mol. The Morgan fingerprint density at radius 2 is 2.33 bits per heavy atom. The van der Waals surface area contributed by atoms with Crippen molar-refractivity contribution in [1.82, 2.24) is 4.90 Å². The summed E-state index contributed by atoms with van der Waals surface area (Å²) in [4.78, 5) is 2.44. The number of nitrogens with two attached hydrogens (primary N) is 1. The standard InChI is InChI=1S/C14H20N2O2/c15-11-2-3-13-10(7-11)1-4-14(13)16-5-6-18-12(8-16)9-17/h2-3,7,12,14,17H,1,4-6,8-9,15H2. The molecule has 0 spiro atoms. The van der Waals surface area contributed by atoms with Crippen LogP contribution in [-0.4, -0.2) is 42.4 Å². The van der Waals surface area contributed by atoms with Crippen molar-refractivity contribution in [2.24, 2.45) is 0 Å². The van der Waals surface area contributed by atoms with Gasteiger partial charge in [-0.25, -0.2) is 0 Å². The first-order valence-electron chi connectivity index (χ1n) is 6.62. The second-order valence-electron chi connectivity index (χ2n) is 5.18. The molecule has 1 fully saturated rings. The van der Waals surface area contributed by atoms with Crippen molar-refractivity contribution < 1.29 is 9.84 Å². The van der Waals surface area contributed by atoms with Gasteiger partial charge in [-0.1, -0.05) is 6.07 Å². The van der Waals surface area contributed by atoms with Crippen LogP contribution in [0.15, 0.2) is 18.2 Å². The number of benzene rings is 1. The third kappa shape index (κ3) is 2.11. The lowest BCUT2D eigenvalue weighted by molar-refractivity contribution is -0.0651. The van der Waals surface area contributed by atoms with E-state index in [9.17, 15) is 5.11 Å². The third-order valence-electron chi connectivity index (χ3n) is 4.03. The van der Waals surface area contributed by atoms with E-state index < -0.39 is 0 Å². The Kier molecular flexibility index (Phi) is 3.24. The summed E-state index contributed by atoms with van der Waals surface area (Å²) in [5, 5.41) is 9.22. The number of ether oxygens (including phenoxy) is 1. The molecular formula is C14H20N2O2. The van der Waals surface area contributed by atoms with Crippen LogP contribution in [0.2, 0.25) is 0 Å². The monoisotopic (exact) mass is 248 g/mol. The fraction of sp³-hybridized carbons (Fsp3) is 0.571. The zero-order chi connectivity index (χ0) is 12.5. The topological polar surface area (TPSA) is 58.7 Å². The molecule has 4 nitrogen and oxygen atoms in total. The number of nitrogens with zero attached hydrogens (tertiary/aromatic N) is 1. The quantitative estimate of drug-likeness (QED) is 0.765. The maximum absolute atomic E-state index is 9.22. The van der Waals surface area contributed by atoms with Crippen LogP contribution >= 0.6 is 0 Å². The molecule has 2 unspecified atom stereocenters. The highest BCUT2D eigenvalue weighted by Crippen LogP contribution is 2.37. The van der Waals surface area contributed by atoms with Gasteiger partial charge in [-0.15, -0.1) is 0 Å². The van der Waals surface area contributed by atoms with Gasteiger partial charge in [0.1, 0.15) is 0 Å². The Bertz CT molecular complexity index is 436. The van der Waals surface area contributed by atoms with Gasteiger partial charge in [-0.2, -0.15) is 0 Å². The molecule has 1 aliphatic carbocycles. The molecule has 1 saturated heterocycles. The zero-order valence-electron chi connectivity index (χ0n) is 10.5. The molecule has 0 amide bonds. The predicted molar refractivity (Wildman–Crippen MR) is 70.3 cm³/mol. The van der Waals surface area contributed by atoms with Crippen molar-refractivity contribution in [2.45, 2.75) is 25.0 Å². The number of morpholine rings is 1. The van der Waals surface area contributed by atoms with Crippen molar-refractivity contribution in [3.05, 3.63) is 29.3 Å². The van der Waals surface area contributed by atoms with Crippen LogP contribution in [0.1, 0.15) is 23.6 Å². The van der Waals surface area contributed by atoms with E-state index in [0.29, 0.717) is 12.6 Å². The van der Waals surface area contributed by atoms with Crippen molar-refractivity contribution in [2.75, 3.05) is 32.0 Å². The maximum atomic E-state index is 9.22. The molecule has 3 N–H and O–H groups in total. The van der Waals surface area contributed by atoms with Crippen LogP contribution in [0, 0.1) is 0 Å². The Labute approximate surface area is 107 Å². The van der Waals surface area contributed by atoms with Crippen LogP contribution in [0.25, 0.3) is 0 Å². The second-order valence-corrected chi connectivity index (χ2v) is 5.18. The Morgan fingerprint density at radius 3 is 3.17 bits per heavy atom. The van der Waals surface area contributed by atoms with E-state index in [1.165, 1.54) is 11.1 Å². The SMILES string of the molecule is Nc1ccc2c(c1)CCC2N1CCOC(CO)C1. The van der Waals surface area contributed by atoms with Gasteiger partial charge in [0, 0.05) is 24.8 Å². The molecule has 2 aliphatic rings. The van der Waals surface area contributed by atoms with Gasteiger partial charge in [0.25, 0.3) is 0 Å². The number of hydrogen-bond acceptors (Lipinski definition) is 4. The summed E-state index contributed by atoms with van der Waals surface area (Å²) in [6.07, 6.45) is 2.22. The van der Waals surface area contributed by atoms with E-state index >= 15 is 0 Å². The summed E-state index contributed by atoms with van der Waals surface area (Å²) in [7, 11) is 0. The van der Waals surface area contributed by atoms with Gasteiger partial charge < -0.3 is 15.6 Å². The first-order chi connectivity index (χ1) is 8.78. The highest BCUT2D eigenvalue weighted by Gasteiger charge is 2.31. The van der Waals surface area contributed by atoms with Crippen LogP contribution in [-0.2, 0) is 11.2 Å². The van der Waals surface area contributed by atoms with Crippen LogP contribution < -0.4 is 5.73 Å². The van der Waals surface area contributed by atoms with Crippen molar-refractivity contribution in [3.63, 3.8) is 0 Å². The minimum atomic E-state index is -0.0309. The fourth-order valence-corrected chi connectivity index (χ4v) is 3.13. The van der Waals surface area contributed by atoms with E-state index in [4.69, 9.17) is 10.5 Å². The highest BCUT2D eigenvalue weighted by molar-refractivity contribution is 5.47. The molecular weight excluding hydrogens is 228 g/mol. The van der Waals surface area contributed by atoms with Crippen LogP contribution in [0.5, 0.6) is 0 Å². The first kappa shape index (κ1) is 12.0. The number of aliphatic hydroxyl groups excluding tert-OH is 1. The van der Waals surface area contributed by atoms with Crippen molar-refractivity contribution in [3.8, 4) is 0 Å². The number of aliphatic hydroxyl groups is 1. The van der Waals surface area contributed by atoms with Crippen molar-refractivity contribution in [1.29, 1.82) is 0 Å². The summed E-state index contributed by atoms with van der Waals surface area (Å²) in [5.74, 6) is 0. The Hall–Kier alpha value is -1.10. The molecule has 4 heteroatoms. The molecule has 2 atom stereocenters. The smallest absolute Gasteiger partial charge is 0.0933 e. The van der Waals surface area contributed by atoms with Gasteiger partial charge in [-0.3, -0.25) is 4.90 Å². The molecule has 1 aliphatic heterocycles. The third-order valence-corrected chi connectivity index (χ3v) is 4.03. The van der Waals surface area contributed by atoms with Gasteiger partial charge in [-0.05, 0) is 36.1 Å². The molecule has 98 valence electrons. The van der Waals surface area contributed by atoms with Gasteiger partial charge >= 0.3 is 0 Å². The van der Waals surface area contributed by atoms with Crippen LogP contribution in [0.3, 0.4) is 0 Å². The number of hydrogen-bond donors (Lipinski definition) is 2. The number of aryl methyl sites for hydroxylation is 1. The summed E-state index contributed by atoms with van der Waals surface area (Å²) >= 11 is 0. The average Bonchev–Trinajstić information content (AvgIpc) is 2.81. The van der Waals surface area contributed by atoms with Gasteiger partial charge in [0.2, 0.25) is 0 Å². The minimum absolute atomic E-state index is 0.0309. The minimum Gasteiger partial charge on any atom is -0.399 e. The van der Waals surface area contributed by atoms with E-state index in [2.05, 4.69) is 17.0 Å². The lowest BCUT2D eigenvalue weighted by atomic mass is 10.1. The van der Waals surface area contributed by atoms with E-state index in [1.807, 2.05) is 6.07 Å². The number of fused-ring (bicyclic) bond motifs is 1. The second kappa shape index (κ2) is 4.88. The lowest BCUT2D eigenvalue weighted by Crippen LogP contribution is -2.45. The van der Waals surface area contributed by atoms with Crippen LogP contribution in [0.4, 0.5) is 5.69 Å². The number of rotatable bonds is 2. The largest absolute Gasteiger partial charge is 0.399 e. The molecule has 1 aromatic carbocycles. The summed E-state index contributed by atoms with van der Waals surface area (Å²) in [5.41, 5.74) is 9.47. The van der Waals surface area contributed by atoms with E-state index in [0.717, 1.165) is 31.6 Å². The normalized spacial score (nSPS) is 28.3. The van der Waals surface area contributed by atoms with Gasteiger partial charge in [0.15, 0.2) is 0 Å². The molecule has 0 saturated carbocycles. The Balaban J connectivity index is 1.79. The molecule has 0 bridgehead atoms. The van der Waals surface area contributed by atoms with E-state index in [-0.39, 0.29) is 12.7 Å². The van der Waals surface area contributed by atoms with Crippen molar-refractivity contribution >= 4 is 5.69 Å². The molecule has 18 heavy (non-hydrogen) atoms. The molecule has 3 rings (SSSR count). The Morgan fingerprint density at radius 1 is 1.44 bits per heavy atom. The fourth-order valence-electron chi connectivity index (χ4n) is 3.13. The lowest BCUT2D eigenvalue weighted by Gasteiger charge is -2.36. The van der Waals surface area contributed by atoms with Gasteiger partial charge in [0.05, 0.1) is 19.3 Å². The number of anilines is 1. The molecule has 1 heterocycles. The zero-order valence-corrected chi connectivity index (χ0v) is 10.5. The summed E-state index contributed by atoms with van der Waals surface area (Å²) in [6.45, 7) is 2.60. The number of nitrogen functional groups attached to an aromatic ring is 1. The molecule has 1 aromatic rings. The summed E-state index contributed by atoms with van der Waals surface area (Å²) in [6, 6.07) is 6.71. The predicted octanol–water partition coefficient (Wildman–Crippen LogP) is 0.949. The summed E-state index contributed by atoms with van der Waals surface area (Å²) < 4.78 is 5.51. The van der Waals surface area contributed by atoms with E-state index in [1.54, 1.807) is 0 Å². The molecule has 0 radical (unpaired) electrons. The maximum Gasteiger partial charge on any atom is 0.0933 e. The first-order valence-corrected chi connectivity index (χ1v) is 6.62. The molecule has 0 aromatic heterocycles. The highest BCUT2D eigenvalue weighted by atomic mass is 16.5.